The second kappa shape index (κ2) is 9.56. The lowest BCUT2D eigenvalue weighted by Crippen LogP contribution is -2.23. The van der Waals surface area contributed by atoms with Crippen LogP contribution in [0.15, 0.2) is 66.0 Å². The van der Waals surface area contributed by atoms with Gasteiger partial charge in [0.1, 0.15) is 12.2 Å². The van der Waals surface area contributed by atoms with E-state index in [0.717, 1.165) is 23.2 Å². The number of aromatic nitrogens is 8. The van der Waals surface area contributed by atoms with Gasteiger partial charge in [-0.1, -0.05) is 11.6 Å². The molecule has 5 heterocycles. The van der Waals surface area contributed by atoms with Crippen molar-refractivity contribution in [2.24, 2.45) is 0 Å². The first-order valence-electron chi connectivity index (χ1n) is 11.6. The zero-order valence-electron chi connectivity index (χ0n) is 20.0. The third-order valence-corrected chi connectivity index (χ3v) is 6.62. The summed E-state index contributed by atoms with van der Waals surface area (Å²) in [7, 11) is 1.29. The van der Waals surface area contributed by atoms with E-state index in [-0.39, 0.29) is 11.6 Å². The molecule has 2 N–H and O–H groups in total. The normalized spacial score (nSPS) is 14.3. The minimum Gasteiger partial charge on any atom is -0.453 e. The second-order valence-electron chi connectivity index (χ2n) is 8.64. The Hall–Kier alpha value is -4.84. The molecular formula is C25H20ClN9O3. The number of carbonyl (C=O) groups excluding carboxylic acids is 1. The fourth-order valence-electron chi connectivity index (χ4n) is 4.65. The number of benzene rings is 1. The van der Waals surface area contributed by atoms with Crippen LogP contribution < -0.4 is 10.9 Å². The van der Waals surface area contributed by atoms with E-state index in [1.807, 2.05) is 12.1 Å². The molecule has 0 saturated carbocycles. The number of H-pyrrole nitrogens is 1. The number of hydrogen-bond acceptors (Lipinski definition) is 8. The fourth-order valence-corrected chi connectivity index (χ4v) is 4.82. The van der Waals surface area contributed by atoms with E-state index in [4.69, 9.17) is 11.6 Å². The molecule has 1 aliphatic heterocycles. The highest BCUT2D eigenvalue weighted by molar-refractivity contribution is 6.31. The molecule has 190 valence electrons. The lowest BCUT2D eigenvalue weighted by Gasteiger charge is -2.15. The van der Waals surface area contributed by atoms with E-state index < -0.39 is 6.09 Å². The van der Waals surface area contributed by atoms with Gasteiger partial charge in [-0.05, 0) is 65.2 Å². The van der Waals surface area contributed by atoms with E-state index >= 15 is 0 Å². The van der Waals surface area contributed by atoms with Crippen molar-refractivity contribution in [1.82, 2.24) is 39.7 Å². The van der Waals surface area contributed by atoms with Gasteiger partial charge in [0.05, 0.1) is 48.3 Å². The minimum atomic E-state index is -0.570. The summed E-state index contributed by atoms with van der Waals surface area (Å²) in [5.41, 5.74) is 4.82. The van der Waals surface area contributed by atoms with Gasteiger partial charge >= 0.3 is 6.09 Å². The van der Waals surface area contributed by atoms with Gasteiger partial charge in [-0.2, -0.15) is 4.68 Å². The van der Waals surface area contributed by atoms with Crippen molar-refractivity contribution in [1.29, 1.82) is 0 Å². The quantitative estimate of drug-likeness (QED) is 0.351. The maximum atomic E-state index is 13.4. The van der Waals surface area contributed by atoms with E-state index in [2.05, 4.69) is 40.5 Å². The lowest BCUT2D eigenvalue weighted by atomic mass is 10.0. The van der Waals surface area contributed by atoms with Gasteiger partial charge in [0, 0.05) is 22.3 Å². The Morgan fingerprint density at radius 3 is 2.82 bits per heavy atom. The number of amides is 1. The number of tetrazole rings is 1. The van der Waals surface area contributed by atoms with Gasteiger partial charge in [0.2, 0.25) is 0 Å². The van der Waals surface area contributed by atoms with Crippen LogP contribution in [0.5, 0.6) is 0 Å². The summed E-state index contributed by atoms with van der Waals surface area (Å²) in [6.07, 6.45) is 5.57. The number of rotatable bonds is 5. The number of anilines is 1. The number of nitrogens with one attached hydrogen (secondary N) is 2. The fraction of sp³-hybridized carbons (Fsp3) is 0.160. The summed E-state index contributed by atoms with van der Waals surface area (Å²) in [6, 6.07) is 12.2. The van der Waals surface area contributed by atoms with Crippen LogP contribution in [0.1, 0.15) is 24.0 Å². The van der Waals surface area contributed by atoms with Crippen molar-refractivity contribution in [3.8, 4) is 28.2 Å². The van der Waals surface area contributed by atoms with E-state index in [1.54, 1.807) is 41.1 Å². The van der Waals surface area contributed by atoms with Crippen molar-refractivity contribution in [3.05, 3.63) is 88.1 Å². The molecule has 13 heteroatoms. The largest absolute Gasteiger partial charge is 0.453 e. The Bertz CT molecular complexity index is 1690. The summed E-state index contributed by atoms with van der Waals surface area (Å²) in [4.78, 5) is 37.0. The zero-order valence-corrected chi connectivity index (χ0v) is 20.8. The van der Waals surface area contributed by atoms with E-state index in [9.17, 15) is 9.59 Å². The first-order chi connectivity index (χ1) is 18.5. The number of aromatic amines is 1. The summed E-state index contributed by atoms with van der Waals surface area (Å²) in [5.74, 6) is 0.671. The smallest absolute Gasteiger partial charge is 0.411 e. The molecule has 6 rings (SSSR count). The molecule has 0 fully saturated rings. The molecule has 0 aliphatic carbocycles. The second-order valence-corrected chi connectivity index (χ2v) is 9.08. The monoisotopic (exact) mass is 529 g/mol. The van der Waals surface area contributed by atoms with E-state index in [0.29, 0.717) is 40.0 Å². The molecule has 1 aliphatic rings. The van der Waals surface area contributed by atoms with Crippen molar-refractivity contribution in [3.63, 3.8) is 0 Å². The number of imidazole rings is 1. The standard InChI is InChI=1S/C25H20ClN9O3/c1-38-25(37)30-16-3-5-19(27-11-16)20-12-28-24(31-20)22-7-4-17-8-14(9-23(36)35(17)22)18-10-15(26)2-6-21(18)34-13-29-32-33-34/h2-3,5-6,8-13,22H,4,7H2,1H3,(H,28,31)(H,30,37)/t22-/m0/s1. The first kappa shape index (κ1) is 23.6. The average Bonchev–Trinajstić information content (AvgIpc) is 3.70. The molecule has 4 aromatic heterocycles. The molecular weight excluding hydrogens is 510 g/mol. The Labute approximate surface area is 220 Å². The van der Waals surface area contributed by atoms with Gasteiger partial charge in [0.25, 0.3) is 5.56 Å². The molecule has 1 atom stereocenters. The van der Waals surface area contributed by atoms with Gasteiger partial charge in [0.15, 0.2) is 0 Å². The predicted molar refractivity (Wildman–Crippen MR) is 138 cm³/mol. The highest BCUT2D eigenvalue weighted by atomic mass is 35.5. The van der Waals surface area contributed by atoms with Gasteiger partial charge in [-0.15, -0.1) is 5.10 Å². The lowest BCUT2D eigenvalue weighted by molar-refractivity contribution is 0.187. The summed E-state index contributed by atoms with van der Waals surface area (Å²) < 4.78 is 7.90. The highest BCUT2D eigenvalue weighted by Gasteiger charge is 2.28. The number of ether oxygens (including phenoxy) is 1. The van der Waals surface area contributed by atoms with E-state index in [1.165, 1.54) is 24.3 Å². The van der Waals surface area contributed by atoms with Crippen LogP contribution in [-0.2, 0) is 11.2 Å². The maximum absolute atomic E-state index is 13.4. The number of nitrogens with zero attached hydrogens (tertiary/aromatic N) is 7. The van der Waals surface area contributed by atoms with Crippen molar-refractivity contribution >= 4 is 23.4 Å². The average molecular weight is 530 g/mol. The minimum absolute atomic E-state index is 0.142. The third kappa shape index (κ3) is 4.30. The van der Waals surface area contributed by atoms with Crippen LogP contribution >= 0.6 is 11.6 Å². The maximum Gasteiger partial charge on any atom is 0.411 e. The number of aryl methyl sites for hydroxylation is 1. The summed E-state index contributed by atoms with van der Waals surface area (Å²) in [6.45, 7) is 0. The Balaban J connectivity index is 1.30. The molecule has 5 aromatic rings. The Morgan fingerprint density at radius 1 is 1.16 bits per heavy atom. The molecule has 1 aromatic carbocycles. The molecule has 0 unspecified atom stereocenters. The van der Waals surface area contributed by atoms with Crippen LogP contribution in [0, 0.1) is 0 Å². The number of pyridine rings is 2. The Kier molecular flexibility index (Phi) is 5.92. The summed E-state index contributed by atoms with van der Waals surface area (Å²) >= 11 is 6.29. The summed E-state index contributed by atoms with van der Waals surface area (Å²) in [5, 5.41) is 14.5. The number of halogens is 1. The molecule has 38 heavy (non-hydrogen) atoms. The van der Waals surface area contributed by atoms with Crippen LogP contribution in [0.25, 0.3) is 28.2 Å². The molecule has 12 nitrogen and oxygen atoms in total. The third-order valence-electron chi connectivity index (χ3n) is 6.38. The van der Waals surface area contributed by atoms with Crippen LogP contribution in [0.3, 0.4) is 0 Å². The highest BCUT2D eigenvalue weighted by Crippen LogP contribution is 2.34. The molecule has 1 amide bonds. The zero-order chi connectivity index (χ0) is 26.2. The van der Waals surface area contributed by atoms with Crippen molar-refractivity contribution in [2.45, 2.75) is 18.9 Å². The van der Waals surface area contributed by atoms with Crippen molar-refractivity contribution < 1.29 is 9.53 Å². The van der Waals surface area contributed by atoms with Crippen LogP contribution in [0.2, 0.25) is 5.02 Å². The van der Waals surface area contributed by atoms with Crippen LogP contribution in [0.4, 0.5) is 10.5 Å². The van der Waals surface area contributed by atoms with Crippen LogP contribution in [-0.4, -0.2) is 52.9 Å². The number of methoxy groups -OCH3 is 1. The predicted octanol–water partition coefficient (Wildman–Crippen LogP) is 3.64. The topological polar surface area (TPSA) is 146 Å². The number of hydrogen-bond donors (Lipinski definition) is 2. The number of carbonyl (C=O) groups is 1. The van der Waals surface area contributed by atoms with Gasteiger partial charge in [-0.25, -0.2) is 9.78 Å². The molecule has 0 saturated heterocycles. The number of fused-ring (bicyclic) bond motifs is 1. The van der Waals surface area contributed by atoms with Crippen molar-refractivity contribution in [2.75, 3.05) is 12.4 Å². The first-order valence-corrected chi connectivity index (χ1v) is 12.0. The molecule has 0 bridgehead atoms. The Morgan fingerprint density at radius 2 is 2.05 bits per heavy atom. The molecule has 0 spiro atoms. The molecule has 0 radical (unpaired) electrons. The van der Waals surface area contributed by atoms with Gasteiger partial charge in [-0.3, -0.25) is 15.1 Å². The van der Waals surface area contributed by atoms with Gasteiger partial charge < -0.3 is 14.3 Å². The SMILES string of the molecule is COC(=O)Nc1ccc(-c2cnc([C@@H]3CCc4cc(-c5cc(Cl)ccc5-n5cnnn5)cc(=O)n43)[nH]2)nc1.